The Morgan fingerprint density at radius 3 is 2.34 bits per heavy atom. The second-order valence-electron chi connectivity index (χ2n) is 7.08. The summed E-state index contributed by atoms with van der Waals surface area (Å²) in [5.74, 6) is 0.169. The number of rotatable bonds is 8. The molecule has 1 aliphatic heterocycles. The Hall–Kier alpha value is -2.71. The normalized spacial score (nSPS) is 16.4. The number of nitrogens with one attached hydrogen (secondary N) is 1. The van der Waals surface area contributed by atoms with E-state index in [9.17, 15) is 18.0 Å². The average molecular weight is 416 g/mol. The fraction of sp³-hybridized carbons (Fsp3) is 0.333. The van der Waals surface area contributed by atoms with Crippen LogP contribution in [-0.4, -0.2) is 33.1 Å². The van der Waals surface area contributed by atoms with Crippen LogP contribution < -0.4 is 14.4 Å². The van der Waals surface area contributed by atoms with Crippen molar-refractivity contribution in [3.8, 4) is 5.75 Å². The number of anilines is 1. The Kier molecular flexibility index (Phi) is 6.34. The van der Waals surface area contributed by atoms with Gasteiger partial charge in [-0.15, -0.1) is 0 Å². The number of carbonyl (C=O) groups excluding carboxylic acids is 2. The first-order chi connectivity index (χ1) is 13.7. The zero-order valence-corrected chi connectivity index (χ0v) is 17.2. The third kappa shape index (κ3) is 5.65. The minimum atomic E-state index is -3.16. The number of nitrogens with zero attached hydrogens (tertiary/aromatic N) is 1. The molecule has 1 heterocycles. The molecular formula is C21H24N2O5S. The van der Waals surface area contributed by atoms with Gasteiger partial charge in [-0.05, 0) is 48.2 Å². The Labute approximate surface area is 170 Å². The average Bonchev–Trinajstić information content (AvgIpc) is 2.64. The number of sulfonamides is 1. The highest BCUT2D eigenvalue weighted by Crippen LogP contribution is 2.39. The van der Waals surface area contributed by atoms with E-state index in [4.69, 9.17) is 4.74 Å². The first kappa shape index (κ1) is 21.0. The zero-order chi connectivity index (χ0) is 21.0. The molecule has 1 unspecified atom stereocenters. The van der Waals surface area contributed by atoms with Crippen molar-refractivity contribution < 1.29 is 22.7 Å². The highest BCUT2D eigenvalue weighted by molar-refractivity contribution is 7.88. The number of esters is 1. The topological polar surface area (TPSA) is 92.8 Å². The molecule has 8 heteroatoms. The lowest BCUT2D eigenvalue weighted by Gasteiger charge is -2.41. The molecule has 7 nitrogen and oxygen atoms in total. The Morgan fingerprint density at radius 1 is 1.14 bits per heavy atom. The summed E-state index contributed by atoms with van der Waals surface area (Å²) in [7, 11) is -3.16. The summed E-state index contributed by atoms with van der Waals surface area (Å²) >= 11 is 0. The fourth-order valence-electron chi connectivity index (χ4n) is 3.30. The molecule has 1 atom stereocenters. The largest absolute Gasteiger partial charge is 0.427 e. The van der Waals surface area contributed by atoms with Crippen LogP contribution in [-0.2, 0) is 26.0 Å². The van der Waals surface area contributed by atoms with Crippen molar-refractivity contribution in [1.29, 1.82) is 0 Å². The minimum absolute atomic E-state index is 0.0429. The summed E-state index contributed by atoms with van der Waals surface area (Å²) in [4.78, 5) is 25.0. The molecule has 0 bridgehead atoms. The molecule has 0 radical (unpaired) electrons. The zero-order valence-electron chi connectivity index (χ0n) is 16.4. The van der Waals surface area contributed by atoms with Gasteiger partial charge >= 0.3 is 5.97 Å². The summed E-state index contributed by atoms with van der Waals surface area (Å²) in [6.07, 6.45) is 3.03. The number of carbonyl (C=O) groups is 2. The first-order valence-electron chi connectivity index (χ1n) is 9.37. The van der Waals surface area contributed by atoms with Gasteiger partial charge < -0.3 is 9.64 Å². The van der Waals surface area contributed by atoms with Crippen molar-refractivity contribution in [3.05, 3.63) is 59.7 Å². The van der Waals surface area contributed by atoms with Crippen molar-refractivity contribution in [2.75, 3.05) is 17.7 Å². The SMILES string of the molecule is CC(=O)Oc1ccc(C2CC(=O)N2c2ccc(CCCNS(C)(=O)=O)cc2)cc1. The first-order valence-corrected chi connectivity index (χ1v) is 11.3. The van der Waals surface area contributed by atoms with E-state index in [1.807, 2.05) is 36.4 Å². The van der Waals surface area contributed by atoms with E-state index in [0.29, 0.717) is 25.1 Å². The maximum Gasteiger partial charge on any atom is 0.308 e. The van der Waals surface area contributed by atoms with Gasteiger partial charge in [0.2, 0.25) is 15.9 Å². The molecule has 1 N–H and O–H groups in total. The molecule has 1 aliphatic rings. The predicted molar refractivity (Wildman–Crippen MR) is 110 cm³/mol. The van der Waals surface area contributed by atoms with Crippen molar-refractivity contribution in [3.63, 3.8) is 0 Å². The van der Waals surface area contributed by atoms with Gasteiger partial charge in [0.15, 0.2) is 0 Å². The van der Waals surface area contributed by atoms with E-state index in [1.165, 1.54) is 6.92 Å². The molecule has 0 aromatic heterocycles. The van der Waals surface area contributed by atoms with E-state index < -0.39 is 10.0 Å². The van der Waals surface area contributed by atoms with Crippen LogP contribution in [0.25, 0.3) is 0 Å². The van der Waals surface area contributed by atoms with Crippen molar-refractivity contribution >= 4 is 27.6 Å². The summed E-state index contributed by atoms with van der Waals surface area (Å²) in [6.45, 7) is 1.75. The molecule has 0 spiro atoms. The monoisotopic (exact) mass is 416 g/mol. The third-order valence-corrected chi connectivity index (χ3v) is 5.42. The maximum atomic E-state index is 12.2. The summed E-state index contributed by atoms with van der Waals surface area (Å²) in [5.41, 5.74) is 2.89. The van der Waals surface area contributed by atoms with Gasteiger partial charge in [-0.1, -0.05) is 24.3 Å². The van der Waals surface area contributed by atoms with Crippen LogP contribution in [0.15, 0.2) is 48.5 Å². The Morgan fingerprint density at radius 2 is 1.79 bits per heavy atom. The van der Waals surface area contributed by atoms with Crippen molar-refractivity contribution in [2.45, 2.75) is 32.2 Å². The van der Waals surface area contributed by atoms with Gasteiger partial charge in [0.25, 0.3) is 0 Å². The van der Waals surface area contributed by atoms with Crippen LogP contribution in [0.2, 0.25) is 0 Å². The smallest absolute Gasteiger partial charge is 0.308 e. The number of ether oxygens (including phenoxy) is 1. The van der Waals surface area contributed by atoms with E-state index in [0.717, 1.165) is 29.5 Å². The molecule has 1 amide bonds. The molecule has 1 fully saturated rings. The van der Waals surface area contributed by atoms with E-state index in [1.54, 1.807) is 17.0 Å². The van der Waals surface area contributed by atoms with Gasteiger partial charge in [-0.25, -0.2) is 13.1 Å². The van der Waals surface area contributed by atoms with E-state index in [-0.39, 0.29) is 17.9 Å². The predicted octanol–water partition coefficient (Wildman–Crippen LogP) is 2.57. The minimum Gasteiger partial charge on any atom is -0.427 e. The molecule has 29 heavy (non-hydrogen) atoms. The van der Waals surface area contributed by atoms with Gasteiger partial charge in [-0.2, -0.15) is 0 Å². The van der Waals surface area contributed by atoms with Gasteiger partial charge in [0.1, 0.15) is 5.75 Å². The molecule has 1 saturated heterocycles. The van der Waals surface area contributed by atoms with E-state index >= 15 is 0 Å². The number of amides is 1. The lowest BCUT2D eigenvalue weighted by molar-refractivity contribution is -0.131. The Bertz CT molecular complexity index is 985. The summed E-state index contributed by atoms with van der Waals surface area (Å²) in [6, 6.07) is 14.9. The van der Waals surface area contributed by atoms with Gasteiger partial charge in [0.05, 0.1) is 18.7 Å². The number of β-lactam (4-membered cyclic amide) rings is 1. The molecular weight excluding hydrogens is 392 g/mol. The highest BCUT2D eigenvalue weighted by atomic mass is 32.2. The molecule has 3 rings (SSSR count). The van der Waals surface area contributed by atoms with Gasteiger partial charge in [-0.3, -0.25) is 9.59 Å². The van der Waals surface area contributed by atoms with E-state index in [2.05, 4.69) is 4.72 Å². The number of hydrogen-bond donors (Lipinski definition) is 1. The second-order valence-corrected chi connectivity index (χ2v) is 8.92. The van der Waals surface area contributed by atoms with Crippen molar-refractivity contribution in [1.82, 2.24) is 4.72 Å². The highest BCUT2D eigenvalue weighted by Gasteiger charge is 2.38. The Balaban J connectivity index is 1.61. The quantitative estimate of drug-likeness (QED) is 0.309. The lowest BCUT2D eigenvalue weighted by atomic mass is 9.92. The maximum absolute atomic E-state index is 12.2. The standard InChI is InChI=1S/C21H24N2O5S/c1-15(24)28-19-11-7-17(8-12-19)20-14-21(25)23(20)18-9-5-16(6-10-18)4-3-13-22-29(2,26)27/h5-12,20,22H,3-4,13-14H2,1-2H3. The third-order valence-electron chi connectivity index (χ3n) is 4.70. The van der Waals surface area contributed by atoms with Crippen LogP contribution in [0.3, 0.4) is 0 Å². The van der Waals surface area contributed by atoms with Crippen LogP contribution in [0.1, 0.15) is 36.9 Å². The number of hydrogen-bond acceptors (Lipinski definition) is 5. The fourth-order valence-corrected chi connectivity index (χ4v) is 3.82. The van der Waals surface area contributed by atoms with Gasteiger partial charge in [0, 0.05) is 19.2 Å². The molecule has 0 saturated carbocycles. The summed E-state index contributed by atoms with van der Waals surface area (Å²) in [5, 5.41) is 0. The van der Waals surface area contributed by atoms with Crippen molar-refractivity contribution in [2.24, 2.45) is 0 Å². The van der Waals surface area contributed by atoms with Crippen LogP contribution in [0.5, 0.6) is 5.75 Å². The second kappa shape index (κ2) is 8.75. The number of aryl methyl sites for hydroxylation is 1. The van der Waals surface area contributed by atoms with Crippen LogP contribution >= 0.6 is 0 Å². The molecule has 2 aromatic rings. The molecule has 2 aromatic carbocycles. The van der Waals surface area contributed by atoms with Crippen LogP contribution in [0.4, 0.5) is 5.69 Å². The summed E-state index contributed by atoms with van der Waals surface area (Å²) < 4.78 is 29.7. The molecule has 0 aliphatic carbocycles. The van der Waals surface area contributed by atoms with Crippen LogP contribution in [0, 0.1) is 0 Å². The number of benzene rings is 2. The lowest BCUT2D eigenvalue weighted by Crippen LogP contribution is -2.46. The molecule has 154 valence electrons.